The highest BCUT2D eigenvalue weighted by atomic mass is 19.4. The van der Waals surface area contributed by atoms with Crippen molar-refractivity contribution >= 4 is 22.4 Å². The number of nitro groups is 1. The van der Waals surface area contributed by atoms with Gasteiger partial charge in [0.2, 0.25) is 0 Å². The van der Waals surface area contributed by atoms with Gasteiger partial charge in [-0.1, -0.05) is 6.92 Å². The molecule has 0 amide bonds. The zero-order chi connectivity index (χ0) is 20.9. The number of nitrogens with two attached hydrogens (primary N) is 1. The lowest BCUT2D eigenvalue weighted by Gasteiger charge is -2.15. The van der Waals surface area contributed by atoms with Gasteiger partial charge in [-0.3, -0.25) is 10.1 Å². The monoisotopic (exact) mass is 404 g/mol. The molecule has 0 unspecified atom stereocenters. The van der Waals surface area contributed by atoms with Gasteiger partial charge in [0.25, 0.3) is 5.69 Å². The van der Waals surface area contributed by atoms with Crippen molar-refractivity contribution in [3.05, 3.63) is 63.0 Å². The Labute approximate surface area is 162 Å². The van der Waals surface area contributed by atoms with E-state index >= 15 is 0 Å². The minimum Gasteiger partial charge on any atom is -0.493 e. The van der Waals surface area contributed by atoms with Crippen molar-refractivity contribution in [1.82, 2.24) is 9.97 Å². The van der Waals surface area contributed by atoms with E-state index < -0.39 is 28.3 Å². The molecule has 0 aliphatic carbocycles. The Bertz CT molecular complexity index is 1150. The lowest BCUT2D eigenvalue weighted by molar-refractivity contribution is -0.385. The van der Waals surface area contributed by atoms with Crippen LogP contribution in [0.15, 0.2) is 30.3 Å². The molecule has 4 rings (SSSR count). The van der Waals surface area contributed by atoms with E-state index in [1.54, 1.807) is 19.1 Å². The summed E-state index contributed by atoms with van der Waals surface area (Å²) in [7, 11) is 0. The summed E-state index contributed by atoms with van der Waals surface area (Å²) >= 11 is 0. The summed E-state index contributed by atoms with van der Waals surface area (Å²) in [5.41, 5.74) is 5.83. The zero-order valence-electron chi connectivity index (χ0n) is 15.2. The topological polar surface area (TPSA) is 104 Å². The Hall–Kier alpha value is -3.43. The summed E-state index contributed by atoms with van der Waals surface area (Å²) in [6, 6.07) is 6.00. The van der Waals surface area contributed by atoms with Crippen LogP contribution in [-0.4, -0.2) is 21.5 Å². The summed E-state index contributed by atoms with van der Waals surface area (Å²) in [5, 5.41) is 11.7. The molecule has 1 aliphatic rings. The zero-order valence-corrected chi connectivity index (χ0v) is 15.2. The predicted molar refractivity (Wildman–Crippen MR) is 98.8 cm³/mol. The van der Waals surface area contributed by atoms with Gasteiger partial charge in [-0.25, -0.2) is 9.97 Å². The fraction of sp³-hybridized carbons (Fsp3) is 0.263. The van der Waals surface area contributed by atoms with Crippen molar-refractivity contribution in [2.45, 2.75) is 25.4 Å². The number of anilines is 1. The van der Waals surface area contributed by atoms with Crippen molar-refractivity contribution in [3.8, 4) is 5.75 Å². The fourth-order valence-electron chi connectivity index (χ4n) is 3.41. The molecule has 1 aromatic heterocycles. The number of benzene rings is 2. The maximum atomic E-state index is 13.2. The van der Waals surface area contributed by atoms with Crippen LogP contribution in [0.5, 0.6) is 5.75 Å². The van der Waals surface area contributed by atoms with Crippen LogP contribution in [0.4, 0.5) is 24.7 Å². The van der Waals surface area contributed by atoms with E-state index in [1.165, 1.54) is 0 Å². The third-order valence-electron chi connectivity index (χ3n) is 4.95. The number of halogens is 3. The molecule has 10 heteroatoms. The molecule has 0 spiro atoms. The Morgan fingerprint density at radius 1 is 1.24 bits per heavy atom. The Morgan fingerprint density at radius 3 is 2.69 bits per heavy atom. The maximum absolute atomic E-state index is 13.2. The van der Waals surface area contributed by atoms with E-state index in [2.05, 4.69) is 9.97 Å². The molecular formula is C19H15F3N4O3. The maximum Gasteiger partial charge on any atom is 0.416 e. The average Bonchev–Trinajstić information content (AvgIpc) is 3.15. The van der Waals surface area contributed by atoms with Gasteiger partial charge in [-0.15, -0.1) is 0 Å². The first-order chi connectivity index (χ1) is 13.6. The summed E-state index contributed by atoms with van der Waals surface area (Å²) in [6.45, 7) is 2.09. The first-order valence-electron chi connectivity index (χ1n) is 8.73. The van der Waals surface area contributed by atoms with Crippen molar-refractivity contribution in [1.29, 1.82) is 0 Å². The third kappa shape index (κ3) is 3.30. The highest BCUT2D eigenvalue weighted by Gasteiger charge is 2.33. The van der Waals surface area contributed by atoms with Crippen LogP contribution < -0.4 is 10.5 Å². The molecule has 0 saturated carbocycles. The van der Waals surface area contributed by atoms with Gasteiger partial charge in [-0.05, 0) is 23.8 Å². The van der Waals surface area contributed by atoms with Gasteiger partial charge in [0.05, 0.1) is 22.6 Å². The smallest absolute Gasteiger partial charge is 0.416 e. The first kappa shape index (κ1) is 18.9. The van der Waals surface area contributed by atoms with Gasteiger partial charge in [-0.2, -0.15) is 13.2 Å². The molecule has 2 heterocycles. The summed E-state index contributed by atoms with van der Waals surface area (Å²) in [4.78, 5) is 19.0. The number of nitrogen functional groups attached to an aromatic ring is 1. The van der Waals surface area contributed by atoms with E-state index in [9.17, 15) is 23.3 Å². The number of fused-ring (bicyclic) bond motifs is 3. The Balaban J connectivity index is 1.86. The van der Waals surface area contributed by atoms with Gasteiger partial charge in [0, 0.05) is 35.4 Å². The summed E-state index contributed by atoms with van der Waals surface area (Å²) < 4.78 is 45.2. The second-order valence-electron chi connectivity index (χ2n) is 6.79. The van der Waals surface area contributed by atoms with Crippen molar-refractivity contribution in [2.24, 2.45) is 0 Å². The molecule has 0 saturated heterocycles. The van der Waals surface area contributed by atoms with Crippen LogP contribution in [0, 0.1) is 10.1 Å². The van der Waals surface area contributed by atoms with E-state index in [0.717, 1.165) is 17.7 Å². The molecule has 150 valence electrons. The number of alkyl halides is 3. The number of rotatable bonds is 3. The molecule has 2 aromatic carbocycles. The SMILES string of the molecule is C[C@H](c1cc([N+](=O)[O-])cc(C(F)(F)F)c1)c1nc(N)c2ccc3c(c2n1)CCO3. The Morgan fingerprint density at radius 2 is 2.00 bits per heavy atom. The number of non-ortho nitro benzene ring substituents is 1. The molecule has 0 bridgehead atoms. The van der Waals surface area contributed by atoms with Gasteiger partial charge in [0.15, 0.2) is 0 Å². The number of hydrogen-bond donors (Lipinski definition) is 1. The normalized spacial score (nSPS) is 14.5. The Kier molecular flexibility index (Phi) is 4.29. The lowest BCUT2D eigenvalue weighted by Crippen LogP contribution is -2.10. The molecule has 0 fully saturated rings. The van der Waals surface area contributed by atoms with Crippen molar-refractivity contribution in [3.63, 3.8) is 0 Å². The summed E-state index contributed by atoms with van der Waals surface area (Å²) in [6.07, 6.45) is -4.09. The third-order valence-corrected chi connectivity index (χ3v) is 4.95. The van der Waals surface area contributed by atoms with E-state index in [1.807, 2.05) is 0 Å². The molecule has 7 nitrogen and oxygen atoms in total. The first-order valence-corrected chi connectivity index (χ1v) is 8.73. The second kappa shape index (κ2) is 6.57. The molecule has 2 N–H and O–H groups in total. The van der Waals surface area contributed by atoms with E-state index in [4.69, 9.17) is 10.5 Å². The lowest BCUT2D eigenvalue weighted by atomic mass is 9.96. The van der Waals surface area contributed by atoms with Crippen LogP contribution in [0.3, 0.4) is 0 Å². The van der Waals surface area contributed by atoms with E-state index in [0.29, 0.717) is 35.7 Å². The molecule has 0 radical (unpaired) electrons. The van der Waals surface area contributed by atoms with Crippen LogP contribution in [0.1, 0.15) is 35.4 Å². The number of ether oxygens (including phenoxy) is 1. The van der Waals surface area contributed by atoms with Crippen LogP contribution in [-0.2, 0) is 12.6 Å². The molecular weight excluding hydrogens is 389 g/mol. The molecule has 3 aromatic rings. The number of nitrogens with zero attached hydrogens (tertiary/aromatic N) is 3. The predicted octanol–water partition coefficient (Wildman–Crippen LogP) is 4.23. The highest BCUT2D eigenvalue weighted by Crippen LogP contribution is 2.37. The standard InChI is InChI=1S/C19H15F3N4O3/c1-9(10-6-11(19(20,21)22)8-12(7-10)26(27)28)18-24-16-13-4-5-29-15(13)3-2-14(16)17(23)25-18/h2-3,6-9H,4-5H2,1H3,(H2,23,24,25)/t9-/m1/s1. The molecule has 1 aliphatic heterocycles. The van der Waals surface area contributed by atoms with E-state index in [-0.39, 0.29) is 17.2 Å². The second-order valence-corrected chi connectivity index (χ2v) is 6.79. The fourth-order valence-corrected chi connectivity index (χ4v) is 3.41. The number of nitro benzene ring substituents is 1. The van der Waals surface area contributed by atoms with Gasteiger partial charge >= 0.3 is 6.18 Å². The summed E-state index contributed by atoms with van der Waals surface area (Å²) in [5.74, 6) is 0.307. The highest BCUT2D eigenvalue weighted by molar-refractivity contribution is 5.92. The average molecular weight is 404 g/mol. The minimum absolute atomic E-state index is 0.0779. The van der Waals surface area contributed by atoms with Gasteiger partial charge < -0.3 is 10.5 Å². The largest absolute Gasteiger partial charge is 0.493 e. The van der Waals surface area contributed by atoms with Crippen molar-refractivity contribution in [2.75, 3.05) is 12.3 Å². The van der Waals surface area contributed by atoms with Crippen LogP contribution in [0.2, 0.25) is 0 Å². The van der Waals surface area contributed by atoms with Crippen molar-refractivity contribution < 1.29 is 22.8 Å². The number of hydrogen-bond acceptors (Lipinski definition) is 6. The van der Waals surface area contributed by atoms with Crippen LogP contribution in [0.25, 0.3) is 10.9 Å². The quantitative estimate of drug-likeness (QED) is 0.518. The van der Waals surface area contributed by atoms with Gasteiger partial charge in [0.1, 0.15) is 17.4 Å². The molecule has 29 heavy (non-hydrogen) atoms. The van der Waals surface area contributed by atoms with Crippen LogP contribution >= 0.6 is 0 Å². The molecule has 1 atom stereocenters. The minimum atomic E-state index is -4.72. The number of aromatic nitrogens is 2.